The zero-order chi connectivity index (χ0) is 32.2. The number of thioether (sulfide) groups is 1. The summed E-state index contributed by atoms with van der Waals surface area (Å²) in [6.07, 6.45) is 4.69. The summed E-state index contributed by atoms with van der Waals surface area (Å²) in [5.41, 5.74) is 13.9. The molecule has 12 heteroatoms. The highest BCUT2D eigenvalue weighted by molar-refractivity contribution is 8.00. The van der Waals surface area contributed by atoms with Gasteiger partial charge < -0.3 is 19.7 Å². The van der Waals surface area contributed by atoms with Crippen molar-refractivity contribution in [2.24, 2.45) is 12.2 Å². The zero-order valence-electron chi connectivity index (χ0n) is 26.0. The highest BCUT2D eigenvalue weighted by Gasteiger charge is 2.37. The summed E-state index contributed by atoms with van der Waals surface area (Å²) in [4.78, 5) is 14.4. The second-order valence-electron chi connectivity index (χ2n) is 10.5. The van der Waals surface area contributed by atoms with Crippen molar-refractivity contribution in [1.82, 2.24) is 19.7 Å². The molecule has 0 saturated heterocycles. The lowest BCUT2D eigenvalue weighted by Crippen LogP contribution is -2.40. The minimum Gasteiger partial charge on any atom is -0.354 e. The van der Waals surface area contributed by atoms with E-state index < -0.39 is 17.1 Å². The molecule has 2 heterocycles. The Kier molecular flexibility index (Phi) is 11.3. The molecule has 0 aliphatic rings. The van der Waals surface area contributed by atoms with Crippen molar-refractivity contribution in [3.63, 3.8) is 0 Å². The van der Waals surface area contributed by atoms with E-state index >= 15 is 0 Å². The van der Waals surface area contributed by atoms with E-state index in [-0.39, 0.29) is 0 Å². The summed E-state index contributed by atoms with van der Waals surface area (Å²) < 4.78 is 12.3. The molecular formula is C34H37N9O2S. The monoisotopic (exact) mass is 635 g/mol. The van der Waals surface area contributed by atoms with E-state index in [1.54, 1.807) is 43.1 Å². The van der Waals surface area contributed by atoms with Crippen molar-refractivity contribution >= 4 is 29.2 Å². The van der Waals surface area contributed by atoms with Crippen molar-refractivity contribution in [3.8, 4) is 0 Å². The first kappa shape index (κ1) is 32.5. The number of aromatic nitrogens is 4. The highest BCUT2D eigenvalue weighted by Crippen LogP contribution is 2.48. The van der Waals surface area contributed by atoms with Gasteiger partial charge in [0.05, 0.1) is 29.2 Å². The van der Waals surface area contributed by atoms with Crippen LogP contribution >= 0.6 is 11.8 Å². The standard InChI is InChI=1S/C34H37N9O2S/c1-42-22-29(21-37-42)38-33-36-20-19-31(39-33)43(24-32(44-2)45-3)23-30(40-41-35)25-46-34(26-13-7-4-8-14-26,27-15-9-5-10-16-27)28-17-11-6-12-18-28/h4-22,30,32H,23-25H2,1-3H3,(H,36,38,39). The first-order valence-electron chi connectivity index (χ1n) is 14.8. The molecular weight excluding hydrogens is 599 g/mol. The summed E-state index contributed by atoms with van der Waals surface area (Å²) in [6.45, 7) is 0.706. The number of hydrogen-bond donors (Lipinski definition) is 1. The summed E-state index contributed by atoms with van der Waals surface area (Å²) in [5.74, 6) is 1.55. The third-order valence-corrected chi connectivity index (χ3v) is 9.19. The number of methoxy groups -OCH3 is 2. The van der Waals surface area contributed by atoms with Gasteiger partial charge in [-0.25, -0.2) is 4.98 Å². The highest BCUT2D eigenvalue weighted by atomic mass is 32.2. The first-order valence-corrected chi connectivity index (χ1v) is 15.8. The lowest BCUT2D eigenvalue weighted by molar-refractivity contribution is -0.0950. The molecule has 5 rings (SSSR count). The van der Waals surface area contributed by atoms with Crippen LogP contribution in [0.4, 0.5) is 17.5 Å². The van der Waals surface area contributed by atoms with Crippen LogP contribution in [0.3, 0.4) is 0 Å². The third-order valence-electron chi connectivity index (χ3n) is 7.50. The SMILES string of the molecule is COC(CN(CC(CSC(c1ccccc1)(c1ccccc1)c1ccccc1)N=[N+]=[N-])c1ccnc(Nc2cnn(C)c2)n1)OC. The minimum atomic E-state index is -0.560. The molecule has 1 N–H and O–H groups in total. The van der Waals surface area contributed by atoms with E-state index in [9.17, 15) is 5.53 Å². The first-order chi connectivity index (χ1) is 22.5. The molecule has 46 heavy (non-hydrogen) atoms. The predicted molar refractivity (Wildman–Crippen MR) is 183 cm³/mol. The number of nitrogens with one attached hydrogen (secondary N) is 1. The molecule has 236 valence electrons. The Morgan fingerprint density at radius 3 is 2.00 bits per heavy atom. The normalized spacial score (nSPS) is 12.0. The Labute approximate surface area is 273 Å². The van der Waals surface area contributed by atoms with Gasteiger partial charge in [0, 0.05) is 50.9 Å². The van der Waals surface area contributed by atoms with Crippen LogP contribution in [0.25, 0.3) is 10.4 Å². The van der Waals surface area contributed by atoms with Gasteiger partial charge in [-0.3, -0.25) is 4.68 Å². The quantitative estimate of drug-likeness (QED) is 0.0413. The van der Waals surface area contributed by atoms with Gasteiger partial charge in [-0.05, 0) is 28.3 Å². The van der Waals surface area contributed by atoms with Crippen LogP contribution in [0.5, 0.6) is 0 Å². The van der Waals surface area contributed by atoms with Crippen LogP contribution in [0.2, 0.25) is 0 Å². The van der Waals surface area contributed by atoms with E-state index in [4.69, 9.17) is 14.5 Å². The van der Waals surface area contributed by atoms with Crippen molar-refractivity contribution in [3.05, 3.63) is 143 Å². The fourth-order valence-corrected chi connectivity index (χ4v) is 6.85. The second kappa shape index (κ2) is 15.9. The molecule has 3 aromatic carbocycles. The topological polar surface area (TPSA) is 126 Å². The van der Waals surface area contributed by atoms with Gasteiger partial charge in [0.1, 0.15) is 5.82 Å². The molecule has 0 fully saturated rings. The van der Waals surface area contributed by atoms with Crippen molar-refractivity contribution < 1.29 is 9.47 Å². The van der Waals surface area contributed by atoms with E-state index in [0.717, 1.165) is 22.4 Å². The molecule has 0 radical (unpaired) electrons. The average molecular weight is 636 g/mol. The molecule has 0 spiro atoms. The van der Waals surface area contributed by atoms with Gasteiger partial charge in [-0.2, -0.15) is 10.1 Å². The number of ether oxygens (including phenoxy) is 2. The number of azide groups is 1. The Morgan fingerprint density at radius 1 is 0.913 bits per heavy atom. The number of hydrogen-bond acceptors (Lipinski definition) is 9. The van der Waals surface area contributed by atoms with Gasteiger partial charge in [0.15, 0.2) is 6.29 Å². The van der Waals surface area contributed by atoms with E-state index in [2.05, 4.69) is 98.2 Å². The molecule has 1 atom stereocenters. The maximum Gasteiger partial charge on any atom is 0.229 e. The van der Waals surface area contributed by atoms with Crippen LogP contribution in [0.1, 0.15) is 16.7 Å². The fourth-order valence-electron chi connectivity index (χ4n) is 5.33. The maximum absolute atomic E-state index is 9.72. The molecule has 0 saturated carbocycles. The third kappa shape index (κ3) is 7.85. The van der Waals surface area contributed by atoms with Crippen LogP contribution in [-0.4, -0.2) is 65.1 Å². The molecule has 0 aliphatic heterocycles. The molecule has 1 unspecified atom stereocenters. The summed E-state index contributed by atoms with van der Waals surface area (Å²) >= 11 is 1.74. The Morgan fingerprint density at radius 2 is 1.50 bits per heavy atom. The van der Waals surface area contributed by atoms with Crippen LogP contribution in [0, 0.1) is 0 Å². The Hall–Kier alpha value is -4.87. The summed E-state index contributed by atoms with van der Waals surface area (Å²) in [7, 11) is 5.03. The fraction of sp³-hybridized carbons (Fsp3) is 0.265. The van der Waals surface area contributed by atoms with Gasteiger partial charge in [0.25, 0.3) is 0 Å². The Bertz CT molecular complexity index is 1600. The molecule has 5 aromatic rings. The number of anilines is 3. The maximum atomic E-state index is 9.72. The van der Waals surface area contributed by atoms with Crippen molar-refractivity contribution in [2.45, 2.75) is 17.1 Å². The van der Waals surface area contributed by atoms with Crippen LogP contribution in [0.15, 0.2) is 121 Å². The second-order valence-corrected chi connectivity index (χ2v) is 11.8. The van der Waals surface area contributed by atoms with Crippen LogP contribution in [-0.2, 0) is 21.3 Å². The van der Waals surface area contributed by atoms with Gasteiger partial charge >= 0.3 is 0 Å². The smallest absolute Gasteiger partial charge is 0.229 e. The van der Waals surface area contributed by atoms with Crippen molar-refractivity contribution in [2.75, 3.05) is 43.3 Å². The van der Waals surface area contributed by atoms with Gasteiger partial charge in [-0.1, -0.05) is 96.1 Å². The van der Waals surface area contributed by atoms with E-state index in [1.165, 1.54) is 0 Å². The predicted octanol–water partition coefficient (Wildman–Crippen LogP) is 6.78. The molecule has 0 bridgehead atoms. The minimum absolute atomic E-state index is 0.347. The summed E-state index contributed by atoms with van der Waals surface area (Å²) in [5, 5.41) is 11.7. The number of nitrogens with zero attached hydrogens (tertiary/aromatic N) is 8. The van der Waals surface area contributed by atoms with E-state index in [0.29, 0.717) is 30.6 Å². The van der Waals surface area contributed by atoms with Crippen molar-refractivity contribution in [1.29, 1.82) is 0 Å². The lowest BCUT2D eigenvalue weighted by atomic mass is 9.84. The number of rotatable bonds is 16. The lowest BCUT2D eigenvalue weighted by Gasteiger charge is -2.37. The zero-order valence-corrected chi connectivity index (χ0v) is 26.9. The van der Waals surface area contributed by atoms with Gasteiger partial charge in [0.2, 0.25) is 5.95 Å². The molecule has 2 aromatic heterocycles. The largest absolute Gasteiger partial charge is 0.354 e. The van der Waals surface area contributed by atoms with E-state index in [1.807, 2.05) is 42.4 Å². The number of benzene rings is 3. The molecule has 0 amide bonds. The van der Waals surface area contributed by atoms with Gasteiger partial charge in [-0.15, -0.1) is 11.8 Å². The Balaban J connectivity index is 1.49. The molecule has 0 aliphatic carbocycles. The van der Waals surface area contributed by atoms with Crippen LogP contribution < -0.4 is 10.2 Å². The summed E-state index contributed by atoms with van der Waals surface area (Å²) in [6, 6.07) is 32.7. The average Bonchev–Trinajstić information content (AvgIpc) is 3.52. The number of aryl methyl sites for hydroxylation is 1. The molecule has 11 nitrogen and oxygen atoms in total.